The summed E-state index contributed by atoms with van der Waals surface area (Å²) in [7, 11) is 3.54. The molecule has 1 amide bonds. The van der Waals surface area contributed by atoms with Crippen LogP contribution in [0.25, 0.3) is 0 Å². The van der Waals surface area contributed by atoms with Gasteiger partial charge in [-0.1, -0.05) is 13.8 Å². The third-order valence-electron chi connectivity index (χ3n) is 3.83. The second kappa shape index (κ2) is 7.59. The SMILES string of the molecule is CC.Cc1c(C(=O)N(C)C)nn2c1CN(C(C)C)CCC2. The average molecular weight is 294 g/mol. The number of aromatic nitrogens is 2. The molecule has 0 fully saturated rings. The first-order valence-corrected chi connectivity index (χ1v) is 7.93. The van der Waals surface area contributed by atoms with E-state index in [2.05, 4.69) is 23.8 Å². The minimum absolute atomic E-state index is 0.00540. The van der Waals surface area contributed by atoms with Crippen LogP contribution in [0, 0.1) is 6.92 Å². The second-order valence-electron chi connectivity index (χ2n) is 5.76. The van der Waals surface area contributed by atoms with Gasteiger partial charge in [0.2, 0.25) is 0 Å². The van der Waals surface area contributed by atoms with Crippen LogP contribution in [0.5, 0.6) is 0 Å². The topological polar surface area (TPSA) is 41.4 Å². The molecule has 0 bridgehead atoms. The Labute approximate surface area is 128 Å². The van der Waals surface area contributed by atoms with Crippen molar-refractivity contribution in [2.75, 3.05) is 20.6 Å². The van der Waals surface area contributed by atoms with Crippen LogP contribution < -0.4 is 0 Å². The fourth-order valence-corrected chi connectivity index (χ4v) is 2.52. The van der Waals surface area contributed by atoms with Crippen molar-refractivity contribution in [2.24, 2.45) is 0 Å². The number of hydrogen-bond acceptors (Lipinski definition) is 3. The average Bonchev–Trinajstić information content (AvgIpc) is 2.65. The predicted octanol–water partition coefficient (Wildman–Crippen LogP) is 2.53. The molecule has 2 rings (SSSR count). The number of carbonyl (C=O) groups is 1. The normalized spacial score (nSPS) is 15.0. The largest absolute Gasteiger partial charge is 0.343 e. The highest BCUT2D eigenvalue weighted by Gasteiger charge is 2.25. The van der Waals surface area contributed by atoms with Gasteiger partial charge in [-0.3, -0.25) is 14.4 Å². The molecule has 21 heavy (non-hydrogen) atoms. The Morgan fingerprint density at radius 3 is 2.38 bits per heavy atom. The lowest BCUT2D eigenvalue weighted by molar-refractivity contribution is 0.0820. The van der Waals surface area contributed by atoms with Crippen molar-refractivity contribution < 1.29 is 4.79 Å². The molecule has 5 heteroatoms. The quantitative estimate of drug-likeness (QED) is 0.841. The van der Waals surface area contributed by atoms with Gasteiger partial charge < -0.3 is 4.90 Å². The molecule has 0 unspecified atom stereocenters. The van der Waals surface area contributed by atoms with Gasteiger partial charge in [0, 0.05) is 45.3 Å². The van der Waals surface area contributed by atoms with Crippen molar-refractivity contribution in [1.29, 1.82) is 0 Å². The van der Waals surface area contributed by atoms with E-state index in [-0.39, 0.29) is 5.91 Å². The van der Waals surface area contributed by atoms with E-state index in [0.717, 1.165) is 31.6 Å². The number of fused-ring (bicyclic) bond motifs is 1. The predicted molar refractivity (Wildman–Crippen MR) is 86.5 cm³/mol. The van der Waals surface area contributed by atoms with Crippen LogP contribution in [-0.2, 0) is 13.1 Å². The molecule has 0 aromatic carbocycles. The summed E-state index contributed by atoms with van der Waals surface area (Å²) in [6.07, 6.45) is 1.09. The first kappa shape index (κ1) is 17.7. The number of hydrogen-bond donors (Lipinski definition) is 0. The van der Waals surface area contributed by atoms with E-state index in [0.29, 0.717) is 11.7 Å². The van der Waals surface area contributed by atoms with Crippen molar-refractivity contribution in [1.82, 2.24) is 19.6 Å². The number of carbonyl (C=O) groups excluding carboxylic acids is 1. The number of amides is 1. The summed E-state index contributed by atoms with van der Waals surface area (Å²) in [6, 6.07) is 0.522. The Bertz CT molecular complexity index is 477. The van der Waals surface area contributed by atoms with E-state index in [4.69, 9.17) is 0 Å². The Morgan fingerprint density at radius 2 is 1.86 bits per heavy atom. The molecule has 1 aliphatic rings. The highest BCUT2D eigenvalue weighted by atomic mass is 16.2. The summed E-state index contributed by atoms with van der Waals surface area (Å²) in [4.78, 5) is 16.2. The van der Waals surface area contributed by atoms with Crippen molar-refractivity contribution in [3.05, 3.63) is 17.0 Å². The van der Waals surface area contributed by atoms with Gasteiger partial charge in [0.1, 0.15) is 0 Å². The highest BCUT2D eigenvalue weighted by molar-refractivity contribution is 5.93. The van der Waals surface area contributed by atoms with Crippen LogP contribution in [0.3, 0.4) is 0 Å². The molecule has 0 aliphatic carbocycles. The smallest absolute Gasteiger partial charge is 0.274 e. The van der Waals surface area contributed by atoms with E-state index in [1.807, 2.05) is 25.5 Å². The minimum atomic E-state index is -0.00540. The van der Waals surface area contributed by atoms with Crippen LogP contribution in [0.15, 0.2) is 0 Å². The molecule has 1 aromatic heterocycles. The Morgan fingerprint density at radius 1 is 1.24 bits per heavy atom. The monoisotopic (exact) mass is 294 g/mol. The van der Waals surface area contributed by atoms with E-state index in [9.17, 15) is 4.79 Å². The van der Waals surface area contributed by atoms with Crippen molar-refractivity contribution in [2.45, 2.75) is 60.2 Å². The minimum Gasteiger partial charge on any atom is -0.343 e. The molecule has 0 atom stereocenters. The fourth-order valence-electron chi connectivity index (χ4n) is 2.52. The molecule has 5 nitrogen and oxygen atoms in total. The maximum atomic E-state index is 12.1. The van der Waals surface area contributed by atoms with Gasteiger partial charge in [0.25, 0.3) is 5.91 Å². The van der Waals surface area contributed by atoms with Gasteiger partial charge in [-0.2, -0.15) is 5.10 Å². The molecule has 120 valence electrons. The zero-order valence-corrected chi connectivity index (χ0v) is 14.6. The van der Waals surface area contributed by atoms with Crippen LogP contribution >= 0.6 is 0 Å². The molecule has 0 spiro atoms. The first-order chi connectivity index (χ1) is 9.91. The lowest BCUT2D eigenvalue weighted by atomic mass is 10.1. The van der Waals surface area contributed by atoms with Crippen LogP contribution in [-0.4, -0.2) is 52.2 Å². The van der Waals surface area contributed by atoms with E-state index in [1.54, 1.807) is 19.0 Å². The molecule has 0 N–H and O–H groups in total. The Hall–Kier alpha value is -1.36. The molecular formula is C16H30N4O. The van der Waals surface area contributed by atoms with Crippen LogP contribution in [0.2, 0.25) is 0 Å². The standard InChI is InChI=1S/C14H24N4O.C2H6/c1-10(2)17-7-6-8-18-12(9-17)11(3)13(15-18)14(19)16(4)5;1-2/h10H,6-9H2,1-5H3;1-2H3. The number of aryl methyl sites for hydroxylation is 1. The maximum absolute atomic E-state index is 12.1. The van der Waals surface area contributed by atoms with Crippen molar-refractivity contribution in [3.8, 4) is 0 Å². The third kappa shape index (κ3) is 3.84. The zero-order chi connectivity index (χ0) is 16.2. The van der Waals surface area contributed by atoms with Crippen LogP contribution in [0.4, 0.5) is 0 Å². The molecule has 2 heterocycles. The van der Waals surface area contributed by atoms with Crippen LogP contribution in [0.1, 0.15) is 55.9 Å². The van der Waals surface area contributed by atoms with E-state index in [1.165, 1.54) is 5.69 Å². The van der Waals surface area contributed by atoms with Gasteiger partial charge in [-0.15, -0.1) is 0 Å². The lowest BCUT2D eigenvalue weighted by Gasteiger charge is -2.24. The third-order valence-corrected chi connectivity index (χ3v) is 3.83. The summed E-state index contributed by atoms with van der Waals surface area (Å²) >= 11 is 0. The summed E-state index contributed by atoms with van der Waals surface area (Å²) in [5.41, 5.74) is 2.83. The molecule has 1 aromatic rings. The van der Waals surface area contributed by atoms with Gasteiger partial charge >= 0.3 is 0 Å². The van der Waals surface area contributed by atoms with Crippen molar-refractivity contribution >= 4 is 5.91 Å². The lowest BCUT2D eigenvalue weighted by Crippen LogP contribution is -2.30. The number of nitrogens with zero attached hydrogens (tertiary/aromatic N) is 4. The zero-order valence-electron chi connectivity index (χ0n) is 14.6. The fraction of sp³-hybridized carbons (Fsp3) is 0.750. The van der Waals surface area contributed by atoms with Gasteiger partial charge in [0.05, 0.1) is 5.69 Å². The molecule has 0 saturated heterocycles. The molecular weight excluding hydrogens is 264 g/mol. The van der Waals surface area contributed by atoms with E-state index < -0.39 is 0 Å². The maximum Gasteiger partial charge on any atom is 0.274 e. The summed E-state index contributed by atoms with van der Waals surface area (Å²) in [5.74, 6) is -0.00540. The van der Waals surface area contributed by atoms with Crippen molar-refractivity contribution in [3.63, 3.8) is 0 Å². The Balaban J connectivity index is 0.00000106. The summed E-state index contributed by atoms with van der Waals surface area (Å²) in [5, 5.41) is 4.52. The van der Waals surface area contributed by atoms with Gasteiger partial charge in [-0.25, -0.2) is 0 Å². The van der Waals surface area contributed by atoms with E-state index >= 15 is 0 Å². The first-order valence-electron chi connectivity index (χ1n) is 7.93. The summed E-state index contributed by atoms with van der Waals surface area (Å²) in [6.45, 7) is 13.3. The highest BCUT2D eigenvalue weighted by Crippen LogP contribution is 2.21. The Kier molecular flexibility index (Phi) is 6.40. The second-order valence-corrected chi connectivity index (χ2v) is 5.76. The molecule has 0 radical (unpaired) electrons. The number of rotatable bonds is 2. The molecule has 0 saturated carbocycles. The van der Waals surface area contributed by atoms with Gasteiger partial charge in [0.15, 0.2) is 5.69 Å². The van der Waals surface area contributed by atoms with Gasteiger partial charge in [-0.05, 0) is 27.2 Å². The summed E-state index contributed by atoms with van der Waals surface area (Å²) < 4.78 is 2.02. The molecule has 1 aliphatic heterocycles.